The van der Waals surface area contributed by atoms with Crippen molar-refractivity contribution in [2.24, 2.45) is 0 Å². The van der Waals surface area contributed by atoms with Gasteiger partial charge in [0.25, 0.3) is 0 Å². The molecular weight excluding hydrogens is 280 g/mol. The highest BCUT2D eigenvalue weighted by atomic mass is 16.6. The van der Waals surface area contributed by atoms with Crippen LogP contribution < -0.4 is 4.90 Å². The Balaban J connectivity index is 2.20. The molecular formula is C12H12N4O5. The number of anilines is 1. The van der Waals surface area contributed by atoms with Gasteiger partial charge in [0, 0.05) is 19.2 Å². The third-order valence-electron chi connectivity index (χ3n) is 3.03. The minimum absolute atomic E-state index is 0.130. The van der Waals surface area contributed by atoms with Crippen molar-refractivity contribution in [2.75, 3.05) is 24.6 Å². The summed E-state index contributed by atoms with van der Waals surface area (Å²) in [5.41, 5.74) is -0.615. The second kappa shape index (κ2) is 6.15. The van der Waals surface area contributed by atoms with Crippen LogP contribution in [0.4, 0.5) is 11.5 Å². The molecule has 1 saturated heterocycles. The van der Waals surface area contributed by atoms with Crippen molar-refractivity contribution in [1.29, 1.82) is 5.26 Å². The molecule has 0 bridgehead atoms. The molecule has 2 rings (SSSR count). The number of nitriles is 1. The molecule has 110 valence electrons. The number of ether oxygens (including phenoxy) is 1. The molecule has 0 spiro atoms. The van der Waals surface area contributed by atoms with E-state index in [1.54, 1.807) is 11.0 Å². The monoisotopic (exact) mass is 292 g/mol. The lowest BCUT2D eigenvalue weighted by atomic mass is 10.2. The fraction of sp³-hybridized carbons (Fsp3) is 0.417. The Morgan fingerprint density at radius 3 is 3.05 bits per heavy atom. The maximum atomic E-state index is 10.8. The van der Waals surface area contributed by atoms with Crippen molar-refractivity contribution in [1.82, 2.24) is 4.98 Å². The predicted octanol–water partition coefficient (Wildman–Crippen LogP) is 0.541. The second-order valence-electron chi connectivity index (χ2n) is 4.44. The Labute approximate surface area is 119 Å². The first-order valence-electron chi connectivity index (χ1n) is 6.15. The Bertz CT molecular complexity index is 612. The quantitative estimate of drug-likeness (QED) is 0.628. The van der Waals surface area contributed by atoms with Crippen LogP contribution in [0.25, 0.3) is 0 Å². The SMILES string of the molecule is N#Cc1nc(N2CCOC(CC(=O)O)C2)ccc1[N+](=O)[O-]. The van der Waals surface area contributed by atoms with Gasteiger partial charge in [-0.3, -0.25) is 14.9 Å². The molecule has 0 saturated carbocycles. The third-order valence-corrected chi connectivity index (χ3v) is 3.03. The first kappa shape index (κ1) is 14.7. The lowest BCUT2D eigenvalue weighted by Gasteiger charge is -2.33. The lowest BCUT2D eigenvalue weighted by molar-refractivity contribution is -0.385. The van der Waals surface area contributed by atoms with Crippen LogP contribution >= 0.6 is 0 Å². The van der Waals surface area contributed by atoms with Crippen LogP contribution in [0.2, 0.25) is 0 Å². The van der Waals surface area contributed by atoms with Gasteiger partial charge in [-0.1, -0.05) is 0 Å². The van der Waals surface area contributed by atoms with Crippen LogP contribution in [-0.4, -0.2) is 46.8 Å². The van der Waals surface area contributed by atoms with Gasteiger partial charge in [0.05, 0.1) is 24.1 Å². The largest absolute Gasteiger partial charge is 0.481 e. The van der Waals surface area contributed by atoms with Crippen LogP contribution in [0.1, 0.15) is 12.1 Å². The molecule has 0 aromatic carbocycles. The Morgan fingerprint density at radius 1 is 1.67 bits per heavy atom. The molecule has 1 fully saturated rings. The Hall–Kier alpha value is -2.73. The first-order chi connectivity index (χ1) is 10.0. The molecule has 0 amide bonds. The molecule has 2 heterocycles. The molecule has 1 aromatic rings. The van der Waals surface area contributed by atoms with E-state index in [9.17, 15) is 14.9 Å². The molecule has 0 aliphatic carbocycles. The van der Waals surface area contributed by atoms with E-state index in [-0.39, 0.29) is 17.8 Å². The minimum Gasteiger partial charge on any atom is -0.481 e. The number of carboxylic acids is 1. The number of hydrogen-bond donors (Lipinski definition) is 1. The maximum absolute atomic E-state index is 10.8. The van der Waals surface area contributed by atoms with Crippen LogP contribution in [0.3, 0.4) is 0 Å². The summed E-state index contributed by atoms with van der Waals surface area (Å²) < 4.78 is 5.34. The molecule has 9 nitrogen and oxygen atoms in total. The summed E-state index contributed by atoms with van der Waals surface area (Å²) in [5.74, 6) is -0.563. The second-order valence-corrected chi connectivity index (χ2v) is 4.44. The zero-order chi connectivity index (χ0) is 15.4. The van der Waals surface area contributed by atoms with Gasteiger partial charge in [-0.15, -0.1) is 0 Å². The summed E-state index contributed by atoms with van der Waals surface area (Å²) in [6, 6.07) is 4.37. The van der Waals surface area contributed by atoms with E-state index >= 15 is 0 Å². The minimum atomic E-state index is -0.962. The van der Waals surface area contributed by atoms with Gasteiger partial charge in [-0.2, -0.15) is 5.26 Å². The number of rotatable bonds is 4. The van der Waals surface area contributed by atoms with E-state index in [1.807, 2.05) is 0 Å². The smallest absolute Gasteiger partial charge is 0.306 e. The van der Waals surface area contributed by atoms with E-state index < -0.39 is 17.0 Å². The van der Waals surface area contributed by atoms with Crippen molar-refractivity contribution in [3.05, 3.63) is 27.9 Å². The van der Waals surface area contributed by atoms with Crippen LogP contribution in [0.5, 0.6) is 0 Å². The highest BCUT2D eigenvalue weighted by Gasteiger charge is 2.25. The average molecular weight is 292 g/mol. The fourth-order valence-electron chi connectivity index (χ4n) is 2.09. The molecule has 1 N–H and O–H groups in total. The number of carboxylic acid groups (broad SMARTS) is 1. The van der Waals surface area contributed by atoms with Gasteiger partial charge in [0.15, 0.2) is 0 Å². The maximum Gasteiger partial charge on any atom is 0.306 e. The van der Waals surface area contributed by atoms with Crippen LogP contribution in [-0.2, 0) is 9.53 Å². The van der Waals surface area contributed by atoms with Gasteiger partial charge in [0.2, 0.25) is 5.69 Å². The van der Waals surface area contributed by atoms with E-state index in [0.29, 0.717) is 25.5 Å². The number of aromatic nitrogens is 1. The number of morpholine rings is 1. The zero-order valence-corrected chi connectivity index (χ0v) is 10.9. The van der Waals surface area contributed by atoms with Crippen molar-refractivity contribution in [3.8, 4) is 6.07 Å². The number of carbonyl (C=O) groups is 1. The summed E-state index contributed by atoms with van der Waals surface area (Å²) in [7, 11) is 0. The summed E-state index contributed by atoms with van der Waals surface area (Å²) in [6.45, 7) is 1.12. The molecule has 1 atom stereocenters. The summed E-state index contributed by atoms with van der Waals surface area (Å²) in [6.07, 6.45) is -0.604. The van der Waals surface area contributed by atoms with Gasteiger partial charge in [-0.25, -0.2) is 4.98 Å². The summed E-state index contributed by atoms with van der Waals surface area (Å²) >= 11 is 0. The molecule has 1 aromatic heterocycles. The standard InChI is InChI=1S/C12H12N4O5/c13-6-9-10(16(19)20)1-2-11(14-9)15-3-4-21-8(7-15)5-12(17)18/h1-2,8H,3-5,7H2,(H,17,18). The summed E-state index contributed by atoms with van der Waals surface area (Å²) in [4.78, 5) is 26.5. The molecule has 1 unspecified atom stereocenters. The van der Waals surface area contributed by atoms with Crippen LogP contribution in [0.15, 0.2) is 12.1 Å². The van der Waals surface area contributed by atoms with E-state index in [0.717, 1.165) is 0 Å². The van der Waals surface area contributed by atoms with Gasteiger partial charge in [0.1, 0.15) is 11.9 Å². The number of nitrogens with zero attached hydrogens (tertiary/aromatic N) is 4. The normalized spacial score (nSPS) is 18.0. The van der Waals surface area contributed by atoms with Crippen molar-refractivity contribution < 1.29 is 19.6 Å². The Kier molecular flexibility index (Phi) is 4.30. The molecule has 9 heteroatoms. The van der Waals surface area contributed by atoms with Crippen LogP contribution in [0, 0.1) is 21.4 Å². The number of pyridine rings is 1. The topological polar surface area (TPSA) is 130 Å². The zero-order valence-electron chi connectivity index (χ0n) is 10.9. The number of hydrogen-bond acceptors (Lipinski definition) is 7. The number of nitro groups is 1. The molecule has 21 heavy (non-hydrogen) atoms. The fourth-order valence-corrected chi connectivity index (χ4v) is 2.09. The highest BCUT2D eigenvalue weighted by Crippen LogP contribution is 2.22. The summed E-state index contributed by atoms with van der Waals surface area (Å²) in [5, 5.41) is 28.5. The molecule has 1 aliphatic rings. The first-order valence-corrected chi connectivity index (χ1v) is 6.15. The van der Waals surface area contributed by atoms with E-state index in [4.69, 9.17) is 15.1 Å². The van der Waals surface area contributed by atoms with Crippen molar-refractivity contribution >= 4 is 17.5 Å². The van der Waals surface area contributed by atoms with Gasteiger partial charge < -0.3 is 14.7 Å². The van der Waals surface area contributed by atoms with Crippen molar-refractivity contribution in [3.63, 3.8) is 0 Å². The average Bonchev–Trinajstić information content (AvgIpc) is 2.46. The highest BCUT2D eigenvalue weighted by molar-refractivity contribution is 5.67. The van der Waals surface area contributed by atoms with E-state index in [2.05, 4.69) is 4.98 Å². The third kappa shape index (κ3) is 3.43. The lowest BCUT2D eigenvalue weighted by Crippen LogP contribution is -2.43. The van der Waals surface area contributed by atoms with Crippen molar-refractivity contribution in [2.45, 2.75) is 12.5 Å². The molecule has 0 radical (unpaired) electrons. The van der Waals surface area contributed by atoms with Gasteiger partial charge in [-0.05, 0) is 6.07 Å². The Morgan fingerprint density at radius 2 is 2.43 bits per heavy atom. The number of aliphatic carboxylic acids is 1. The van der Waals surface area contributed by atoms with Gasteiger partial charge >= 0.3 is 11.7 Å². The molecule has 1 aliphatic heterocycles. The predicted molar refractivity (Wildman–Crippen MR) is 69.8 cm³/mol. The van der Waals surface area contributed by atoms with E-state index in [1.165, 1.54) is 12.1 Å².